The van der Waals surface area contributed by atoms with Gasteiger partial charge in [-0.2, -0.15) is 0 Å². The number of hydrogen-bond donors (Lipinski definition) is 3. The highest BCUT2D eigenvalue weighted by Crippen LogP contribution is 2.25. The van der Waals surface area contributed by atoms with Crippen molar-refractivity contribution < 1.29 is 9.59 Å². The molecule has 7 nitrogen and oxygen atoms in total. The summed E-state index contributed by atoms with van der Waals surface area (Å²) in [6.07, 6.45) is 1.43. The lowest BCUT2D eigenvalue weighted by Crippen LogP contribution is -2.26. The van der Waals surface area contributed by atoms with Gasteiger partial charge in [-0.15, -0.1) is 22.7 Å². The van der Waals surface area contributed by atoms with Crippen LogP contribution in [0.25, 0.3) is 10.7 Å². The van der Waals surface area contributed by atoms with E-state index in [1.54, 1.807) is 5.38 Å². The van der Waals surface area contributed by atoms with Gasteiger partial charge in [0.15, 0.2) is 0 Å². The second kappa shape index (κ2) is 8.70. The number of rotatable bonds is 8. The fourth-order valence-corrected chi connectivity index (χ4v) is 3.38. The summed E-state index contributed by atoms with van der Waals surface area (Å²) in [6.45, 7) is 3.15. The Bertz CT molecular complexity index is 668. The van der Waals surface area contributed by atoms with E-state index in [1.807, 2.05) is 5.38 Å². The average molecular weight is 353 g/mol. The van der Waals surface area contributed by atoms with Gasteiger partial charge in [-0.3, -0.25) is 9.59 Å². The molecule has 0 unspecified atom stereocenters. The van der Waals surface area contributed by atoms with Gasteiger partial charge in [-0.25, -0.2) is 9.97 Å². The van der Waals surface area contributed by atoms with Crippen LogP contribution < -0.4 is 16.4 Å². The zero-order valence-electron chi connectivity index (χ0n) is 12.8. The van der Waals surface area contributed by atoms with E-state index in [4.69, 9.17) is 5.73 Å². The molecule has 9 heteroatoms. The van der Waals surface area contributed by atoms with Crippen molar-refractivity contribution in [2.24, 2.45) is 5.73 Å². The Morgan fingerprint density at radius 2 is 2.00 bits per heavy atom. The Kier molecular flexibility index (Phi) is 6.63. The third-order valence-corrected chi connectivity index (χ3v) is 4.66. The van der Waals surface area contributed by atoms with Crippen molar-refractivity contribution in [2.75, 3.05) is 19.6 Å². The van der Waals surface area contributed by atoms with Crippen molar-refractivity contribution in [1.29, 1.82) is 0 Å². The van der Waals surface area contributed by atoms with Crippen LogP contribution >= 0.6 is 22.7 Å². The van der Waals surface area contributed by atoms with Crippen LogP contribution in [-0.2, 0) is 11.2 Å². The summed E-state index contributed by atoms with van der Waals surface area (Å²) in [6, 6.07) is 0. The Balaban J connectivity index is 1.93. The molecular weight excluding hydrogens is 334 g/mol. The molecule has 2 rings (SSSR count). The third kappa shape index (κ3) is 5.38. The second-order valence-corrected chi connectivity index (χ2v) is 6.60. The molecule has 2 heterocycles. The lowest BCUT2D eigenvalue weighted by atomic mass is 10.4. The highest BCUT2D eigenvalue weighted by molar-refractivity contribution is 7.14. The van der Waals surface area contributed by atoms with E-state index in [-0.39, 0.29) is 11.8 Å². The molecule has 0 aromatic carbocycles. The molecular formula is C14H19N5O2S2. The lowest BCUT2D eigenvalue weighted by molar-refractivity contribution is -0.118. The lowest BCUT2D eigenvalue weighted by Gasteiger charge is -2.00. The van der Waals surface area contributed by atoms with E-state index in [1.165, 1.54) is 29.6 Å². The van der Waals surface area contributed by atoms with Gasteiger partial charge in [0.05, 0.1) is 5.01 Å². The van der Waals surface area contributed by atoms with Crippen LogP contribution in [0.15, 0.2) is 10.8 Å². The van der Waals surface area contributed by atoms with Gasteiger partial charge in [-0.05, 0) is 13.0 Å². The van der Waals surface area contributed by atoms with E-state index in [2.05, 4.69) is 20.6 Å². The van der Waals surface area contributed by atoms with Crippen LogP contribution in [0.2, 0.25) is 0 Å². The maximum absolute atomic E-state index is 11.9. The molecule has 0 atom stereocenters. The quantitative estimate of drug-likeness (QED) is 0.614. The van der Waals surface area contributed by atoms with Crippen LogP contribution in [0.5, 0.6) is 0 Å². The van der Waals surface area contributed by atoms with Crippen LogP contribution in [-0.4, -0.2) is 41.4 Å². The Morgan fingerprint density at radius 1 is 1.17 bits per heavy atom. The normalized spacial score (nSPS) is 10.5. The fourth-order valence-electron chi connectivity index (χ4n) is 1.76. The monoisotopic (exact) mass is 353 g/mol. The van der Waals surface area contributed by atoms with Crippen molar-refractivity contribution >= 4 is 34.5 Å². The van der Waals surface area contributed by atoms with E-state index in [0.29, 0.717) is 31.7 Å². The molecule has 0 saturated heterocycles. The Hall–Kier alpha value is -1.84. The molecule has 2 amide bonds. The van der Waals surface area contributed by atoms with Crippen molar-refractivity contribution in [3.8, 4) is 10.7 Å². The number of nitrogens with zero attached hydrogens (tertiary/aromatic N) is 2. The summed E-state index contributed by atoms with van der Waals surface area (Å²) >= 11 is 2.91. The minimum absolute atomic E-state index is 0.0491. The molecule has 0 aliphatic heterocycles. The van der Waals surface area contributed by atoms with Crippen LogP contribution in [0, 0.1) is 0 Å². The smallest absolute Gasteiger partial charge is 0.270 e. The van der Waals surface area contributed by atoms with Gasteiger partial charge in [0.1, 0.15) is 16.4 Å². The molecule has 124 valence electrons. The summed E-state index contributed by atoms with van der Waals surface area (Å²) in [5, 5.41) is 10.8. The van der Waals surface area contributed by atoms with Gasteiger partial charge in [0, 0.05) is 37.2 Å². The van der Waals surface area contributed by atoms with Crippen LogP contribution in [0.1, 0.15) is 28.8 Å². The van der Waals surface area contributed by atoms with Crippen molar-refractivity contribution in [1.82, 2.24) is 20.6 Å². The topological polar surface area (TPSA) is 110 Å². The molecule has 0 radical (unpaired) electrons. The zero-order chi connectivity index (χ0) is 16.7. The molecule has 2 aromatic heterocycles. The SMILES string of the molecule is CC(=O)NCCc1nc(-c2nc(C(=O)NCCCN)cs2)cs1. The van der Waals surface area contributed by atoms with E-state index >= 15 is 0 Å². The first kappa shape index (κ1) is 17.5. The third-order valence-electron chi connectivity index (χ3n) is 2.89. The van der Waals surface area contributed by atoms with Gasteiger partial charge in [0.2, 0.25) is 5.91 Å². The molecule has 0 aliphatic carbocycles. The summed E-state index contributed by atoms with van der Waals surface area (Å²) in [5.41, 5.74) is 6.55. The number of carbonyl (C=O) groups excluding carboxylic acids is 2. The number of nitrogens with two attached hydrogens (primary N) is 1. The number of amides is 2. The first-order valence-corrected chi connectivity index (χ1v) is 8.99. The van der Waals surface area contributed by atoms with Gasteiger partial charge >= 0.3 is 0 Å². The highest BCUT2D eigenvalue weighted by atomic mass is 32.1. The molecule has 0 saturated carbocycles. The van der Waals surface area contributed by atoms with Crippen molar-refractivity contribution in [3.63, 3.8) is 0 Å². The van der Waals surface area contributed by atoms with Gasteiger partial charge < -0.3 is 16.4 Å². The highest BCUT2D eigenvalue weighted by Gasteiger charge is 2.13. The minimum Gasteiger partial charge on any atom is -0.356 e. The number of aromatic nitrogens is 2. The maximum Gasteiger partial charge on any atom is 0.270 e. The van der Waals surface area contributed by atoms with Crippen LogP contribution in [0.4, 0.5) is 0 Å². The zero-order valence-corrected chi connectivity index (χ0v) is 14.4. The molecule has 0 spiro atoms. The number of carbonyl (C=O) groups is 2. The molecule has 0 bridgehead atoms. The largest absolute Gasteiger partial charge is 0.356 e. The molecule has 23 heavy (non-hydrogen) atoms. The second-order valence-electron chi connectivity index (χ2n) is 4.80. The fraction of sp³-hybridized carbons (Fsp3) is 0.429. The predicted octanol–water partition coefficient (Wildman–Crippen LogP) is 1.02. The average Bonchev–Trinajstić information content (AvgIpc) is 3.15. The van der Waals surface area contributed by atoms with Gasteiger partial charge in [0.25, 0.3) is 5.91 Å². The number of nitrogens with one attached hydrogen (secondary N) is 2. The van der Waals surface area contributed by atoms with Crippen LogP contribution in [0.3, 0.4) is 0 Å². The number of hydrogen-bond acceptors (Lipinski definition) is 7. The number of thiazole rings is 2. The Morgan fingerprint density at radius 3 is 2.74 bits per heavy atom. The molecule has 2 aromatic rings. The first-order chi connectivity index (χ1) is 11.1. The predicted molar refractivity (Wildman–Crippen MR) is 91.6 cm³/mol. The molecule has 0 aliphatic rings. The maximum atomic E-state index is 11.9. The van der Waals surface area contributed by atoms with Gasteiger partial charge in [-0.1, -0.05) is 0 Å². The van der Waals surface area contributed by atoms with E-state index in [0.717, 1.165) is 22.1 Å². The van der Waals surface area contributed by atoms with Crippen molar-refractivity contribution in [2.45, 2.75) is 19.8 Å². The first-order valence-electron chi connectivity index (χ1n) is 7.23. The molecule has 0 fully saturated rings. The Labute approximate surface area is 142 Å². The summed E-state index contributed by atoms with van der Waals surface area (Å²) in [4.78, 5) is 31.6. The van der Waals surface area contributed by atoms with E-state index < -0.39 is 0 Å². The standard InChI is InChI=1S/C14H19N5O2S2/c1-9(20)16-6-3-12-18-11(8-22-12)14-19-10(7-23-14)13(21)17-5-2-4-15/h7-8H,2-6,15H2,1H3,(H,16,20)(H,17,21). The summed E-state index contributed by atoms with van der Waals surface area (Å²) < 4.78 is 0. The minimum atomic E-state index is -0.193. The van der Waals surface area contributed by atoms with Crippen molar-refractivity contribution in [3.05, 3.63) is 21.5 Å². The van der Waals surface area contributed by atoms with E-state index in [9.17, 15) is 9.59 Å². The summed E-state index contributed by atoms with van der Waals surface area (Å²) in [5.74, 6) is -0.242. The summed E-state index contributed by atoms with van der Waals surface area (Å²) in [7, 11) is 0. The molecule has 4 N–H and O–H groups in total.